The molecule has 0 radical (unpaired) electrons. The van der Waals surface area contributed by atoms with Gasteiger partial charge in [-0.25, -0.2) is 0 Å². The van der Waals surface area contributed by atoms with Crippen molar-refractivity contribution in [1.82, 2.24) is 0 Å². The van der Waals surface area contributed by atoms with Gasteiger partial charge in [-0.1, -0.05) is 42.5 Å². The molecule has 2 aromatic carbocycles. The van der Waals surface area contributed by atoms with Gasteiger partial charge in [0.2, 0.25) is 5.90 Å². The first-order valence-electron chi connectivity index (χ1n) is 6.14. The van der Waals surface area contributed by atoms with Crippen molar-refractivity contribution in [3.63, 3.8) is 0 Å². The Bertz CT molecular complexity index is 520. The minimum atomic E-state index is 0.243. The zero-order chi connectivity index (χ0) is 12.8. The van der Waals surface area contributed by atoms with Gasteiger partial charge in [-0.2, -0.15) is 0 Å². The normalized spacial score (nSPS) is 10.1. The van der Waals surface area contributed by atoms with Crippen LogP contribution in [-0.2, 0) is 11.2 Å². The van der Waals surface area contributed by atoms with Crippen LogP contribution >= 0.6 is 0 Å². The van der Waals surface area contributed by atoms with E-state index in [2.05, 4.69) is 18.2 Å². The Labute approximate surface area is 108 Å². The number of rotatable bonds is 4. The van der Waals surface area contributed by atoms with Gasteiger partial charge in [-0.05, 0) is 36.6 Å². The second-order valence-electron chi connectivity index (χ2n) is 4.12. The van der Waals surface area contributed by atoms with Crippen LogP contribution in [0.2, 0.25) is 0 Å². The van der Waals surface area contributed by atoms with E-state index in [0.29, 0.717) is 6.61 Å². The van der Waals surface area contributed by atoms with Crippen molar-refractivity contribution in [2.24, 2.45) is 0 Å². The van der Waals surface area contributed by atoms with Crippen molar-refractivity contribution < 1.29 is 4.74 Å². The molecule has 0 atom stereocenters. The lowest BCUT2D eigenvalue weighted by atomic mass is 10.0. The highest BCUT2D eigenvalue weighted by molar-refractivity contribution is 5.91. The lowest BCUT2D eigenvalue weighted by Crippen LogP contribution is -2.05. The molecule has 2 rings (SSSR count). The minimum absolute atomic E-state index is 0.243. The monoisotopic (exact) mass is 239 g/mol. The fourth-order valence-corrected chi connectivity index (χ4v) is 1.88. The molecule has 0 saturated carbocycles. The Morgan fingerprint density at radius 1 is 1.00 bits per heavy atom. The van der Waals surface area contributed by atoms with Crippen LogP contribution in [0.15, 0.2) is 54.6 Å². The molecular formula is C16H17NO. The van der Waals surface area contributed by atoms with Crippen molar-refractivity contribution in [2.45, 2.75) is 13.3 Å². The molecule has 18 heavy (non-hydrogen) atoms. The van der Waals surface area contributed by atoms with Gasteiger partial charge in [0.1, 0.15) is 0 Å². The minimum Gasteiger partial charge on any atom is -0.478 e. The number of ether oxygens (including phenoxy) is 1. The topological polar surface area (TPSA) is 33.1 Å². The second kappa shape index (κ2) is 6.01. The maximum absolute atomic E-state index is 7.78. The standard InChI is InChI=1S/C16H17NO/c1-2-18-16(17)15-10-6-9-14(12-15)11-13-7-4-3-5-8-13/h3-10,12,17H,2,11H2,1H3. The van der Waals surface area contributed by atoms with Crippen LogP contribution in [0.25, 0.3) is 0 Å². The fraction of sp³-hybridized carbons (Fsp3) is 0.188. The summed E-state index contributed by atoms with van der Waals surface area (Å²) in [5.74, 6) is 0.243. The van der Waals surface area contributed by atoms with Gasteiger partial charge in [0.15, 0.2) is 0 Å². The number of nitrogens with one attached hydrogen (secondary N) is 1. The van der Waals surface area contributed by atoms with Crippen molar-refractivity contribution in [3.05, 3.63) is 71.3 Å². The van der Waals surface area contributed by atoms with E-state index in [0.717, 1.165) is 12.0 Å². The summed E-state index contributed by atoms with van der Waals surface area (Å²) in [6.07, 6.45) is 0.883. The quantitative estimate of drug-likeness (QED) is 0.641. The van der Waals surface area contributed by atoms with Crippen LogP contribution in [0.5, 0.6) is 0 Å². The fourth-order valence-electron chi connectivity index (χ4n) is 1.88. The van der Waals surface area contributed by atoms with Gasteiger partial charge < -0.3 is 4.74 Å². The smallest absolute Gasteiger partial charge is 0.213 e. The zero-order valence-corrected chi connectivity index (χ0v) is 10.5. The third-order valence-electron chi connectivity index (χ3n) is 2.73. The van der Waals surface area contributed by atoms with E-state index in [1.165, 1.54) is 11.1 Å². The van der Waals surface area contributed by atoms with Crippen LogP contribution in [-0.4, -0.2) is 12.5 Å². The molecule has 1 N–H and O–H groups in total. The Morgan fingerprint density at radius 2 is 1.72 bits per heavy atom. The van der Waals surface area contributed by atoms with Crippen LogP contribution in [0.1, 0.15) is 23.6 Å². The number of hydrogen-bond acceptors (Lipinski definition) is 2. The Kier molecular flexibility index (Phi) is 4.13. The summed E-state index contributed by atoms with van der Waals surface area (Å²) in [6.45, 7) is 2.42. The van der Waals surface area contributed by atoms with E-state index < -0.39 is 0 Å². The molecule has 2 nitrogen and oxygen atoms in total. The first-order valence-corrected chi connectivity index (χ1v) is 6.14. The third kappa shape index (κ3) is 3.20. The van der Waals surface area contributed by atoms with Gasteiger partial charge >= 0.3 is 0 Å². The van der Waals surface area contributed by atoms with E-state index in [4.69, 9.17) is 10.1 Å². The van der Waals surface area contributed by atoms with Gasteiger partial charge in [-0.3, -0.25) is 5.41 Å². The second-order valence-corrected chi connectivity index (χ2v) is 4.12. The molecule has 0 heterocycles. The summed E-state index contributed by atoms with van der Waals surface area (Å²) in [4.78, 5) is 0. The van der Waals surface area contributed by atoms with E-state index in [9.17, 15) is 0 Å². The van der Waals surface area contributed by atoms with Crippen molar-refractivity contribution in [1.29, 1.82) is 5.41 Å². The third-order valence-corrected chi connectivity index (χ3v) is 2.73. The van der Waals surface area contributed by atoms with Crippen molar-refractivity contribution in [3.8, 4) is 0 Å². The lowest BCUT2D eigenvalue weighted by Gasteiger charge is -2.07. The Balaban J connectivity index is 2.15. The number of benzene rings is 2. The Hall–Kier alpha value is -2.09. The number of hydrogen-bond donors (Lipinski definition) is 1. The molecule has 0 aliphatic heterocycles. The average Bonchev–Trinajstić information content (AvgIpc) is 2.40. The predicted molar refractivity (Wildman–Crippen MR) is 74.1 cm³/mol. The SMILES string of the molecule is CCOC(=N)c1cccc(Cc2ccccc2)c1. The molecule has 92 valence electrons. The Morgan fingerprint density at radius 3 is 2.44 bits per heavy atom. The molecule has 2 aromatic rings. The zero-order valence-electron chi connectivity index (χ0n) is 10.5. The molecule has 0 aliphatic rings. The van der Waals surface area contributed by atoms with E-state index in [-0.39, 0.29) is 5.90 Å². The van der Waals surface area contributed by atoms with E-state index in [1.807, 2.05) is 43.3 Å². The molecule has 0 saturated heterocycles. The highest BCUT2D eigenvalue weighted by Gasteiger charge is 2.03. The predicted octanol–water partition coefficient (Wildman–Crippen LogP) is 3.64. The molecule has 2 heteroatoms. The summed E-state index contributed by atoms with van der Waals surface area (Å²) >= 11 is 0. The summed E-state index contributed by atoms with van der Waals surface area (Å²) in [7, 11) is 0. The molecule has 0 aromatic heterocycles. The molecule has 0 spiro atoms. The first-order chi connectivity index (χ1) is 8.79. The van der Waals surface area contributed by atoms with Crippen molar-refractivity contribution in [2.75, 3.05) is 6.61 Å². The van der Waals surface area contributed by atoms with Gasteiger partial charge in [-0.15, -0.1) is 0 Å². The van der Waals surface area contributed by atoms with Crippen LogP contribution in [0.4, 0.5) is 0 Å². The summed E-state index contributed by atoms with van der Waals surface area (Å²) < 4.78 is 5.22. The van der Waals surface area contributed by atoms with Gasteiger partial charge in [0, 0.05) is 5.56 Å². The van der Waals surface area contributed by atoms with Crippen LogP contribution < -0.4 is 0 Å². The summed E-state index contributed by atoms with van der Waals surface area (Å²) in [5, 5.41) is 7.78. The summed E-state index contributed by atoms with van der Waals surface area (Å²) in [6, 6.07) is 18.3. The van der Waals surface area contributed by atoms with Gasteiger partial charge in [0.25, 0.3) is 0 Å². The molecule has 0 bridgehead atoms. The molecule has 0 unspecified atom stereocenters. The highest BCUT2D eigenvalue weighted by atomic mass is 16.5. The molecule has 0 fully saturated rings. The maximum Gasteiger partial charge on any atom is 0.213 e. The van der Waals surface area contributed by atoms with Crippen LogP contribution in [0, 0.1) is 5.41 Å². The first kappa shape index (κ1) is 12.4. The van der Waals surface area contributed by atoms with Crippen molar-refractivity contribution >= 4 is 5.90 Å². The van der Waals surface area contributed by atoms with E-state index in [1.54, 1.807) is 0 Å². The largest absolute Gasteiger partial charge is 0.478 e. The lowest BCUT2D eigenvalue weighted by molar-refractivity contribution is 0.325. The summed E-state index contributed by atoms with van der Waals surface area (Å²) in [5.41, 5.74) is 3.31. The highest BCUT2D eigenvalue weighted by Crippen LogP contribution is 2.12. The average molecular weight is 239 g/mol. The molecule has 0 aliphatic carbocycles. The molecular weight excluding hydrogens is 222 g/mol. The molecule has 0 amide bonds. The maximum atomic E-state index is 7.78. The van der Waals surface area contributed by atoms with Crippen LogP contribution in [0.3, 0.4) is 0 Å². The van der Waals surface area contributed by atoms with E-state index >= 15 is 0 Å². The van der Waals surface area contributed by atoms with Gasteiger partial charge in [0.05, 0.1) is 6.61 Å².